The fourth-order valence-corrected chi connectivity index (χ4v) is 9.43. The van der Waals surface area contributed by atoms with Crippen LogP contribution in [-0.4, -0.2) is 76.0 Å². The fourth-order valence-electron chi connectivity index (χ4n) is 7.12. The highest BCUT2D eigenvalue weighted by Crippen LogP contribution is 2.47. The average molecular weight is 749 g/mol. The first kappa shape index (κ1) is 36.3. The lowest BCUT2D eigenvalue weighted by atomic mass is 9.93. The zero-order valence-electron chi connectivity index (χ0n) is 30.2. The van der Waals surface area contributed by atoms with Crippen molar-refractivity contribution in [2.75, 3.05) is 11.9 Å². The number of carbonyl (C=O) groups excluding carboxylic acids is 3. The Balaban J connectivity index is 1.20. The van der Waals surface area contributed by atoms with E-state index in [-0.39, 0.29) is 36.6 Å². The van der Waals surface area contributed by atoms with Crippen molar-refractivity contribution in [3.63, 3.8) is 0 Å². The number of nitrogens with zero attached hydrogens (tertiary/aromatic N) is 3. The van der Waals surface area contributed by atoms with Crippen molar-refractivity contribution in [3.05, 3.63) is 59.8 Å². The number of pyridine rings is 1. The summed E-state index contributed by atoms with van der Waals surface area (Å²) >= 11 is 1.45. The molecule has 1 saturated heterocycles. The van der Waals surface area contributed by atoms with Gasteiger partial charge in [-0.1, -0.05) is 64.0 Å². The molecule has 3 amide bonds. The van der Waals surface area contributed by atoms with E-state index < -0.39 is 50.3 Å². The van der Waals surface area contributed by atoms with Gasteiger partial charge in [-0.25, -0.2) is 18.4 Å². The molecule has 2 aliphatic carbocycles. The number of hydrogen-bond donors (Lipinski definition) is 3. The molecule has 12 nitrogen and oxygen atoms in total. The number of rotatable bonds is 7. The van der Waals surface area contributed by atoms with Gasteiger partial charge in [0.25, 0.3) is 5.91 Å². The highest BCUT2D eigenvalue weighted by atomic mass is 32.2. The Labute approximate surface area is 309 Å². The molecule has 0 radical (unpaired) electrons. The molecule has 4 heterocycles. The molecule has 2 saturated carbocycles. The van der Waals surface area contributed by atoms with Crippen LogP contribution in [0.3, 0.4) is 0 Å². The number of ether oxygens (including phenoxy) is 1. The first-order valence-corrected chi connectivity index (χ1v) is 20.6. The van der Waals surface area contributed by atoms with Gasteiger partial charge in [-0.15, -0.1) is 11.3 Å². The number of nitrogens with one attached hydrogen (secondary N) is 3. The highest BCUT2D eigenvalue weighted by Gasteiger charge is 2.63. The number of anilines is 1. The van der Waals surface area contributed by atoms with Crippen LogP contribution in [0.2, 0.25) is 0 Å². The smallest absolute Gasteiger partial charge is 0.259 e. The van der Waals surface area contributed by atoms with Gasteiger partial charge in [-0.2, -0.15) is 0 Å². The van der Waals surface area contributed by atoms with E-state index in [9.17, 15) is 22.8 Å². The minimum absolute atomic E-state index is 0.125. The number of fused-ring (bicyclic) bond motifs is 3. The van der Waals surface area contributed by atoms with Crippen molar-refractivity contribution >= 4 is 55.0 Å². The number of amides is 3. The third kappa shape index (κ3) is 7.28. The number of benzene rings is 1. The molecule has 278 valence electrons. The molecule has 4 aliphatic rings. The molecule has 3 fully saturated rings. The van der Waals surface area contributed by atoms with Crippen LogP contribution in [0.1, 0.15) is 91.2 Å². The van der Waals surface area contributed by atoms with Crippen LogP contribution in [0, 0.1) is 5.92 Å². The summed E-state index contributed by atoms with van der Waals surface area (Å²) in [5.41, 5.74) is -0.683. The first-order valence-electron chi connectivity index (χ1n) is 18.3. The molecule has 5 atom stereocenters. The van der Waals surface area contributed by atoms with Crippen LogP contribution in [0.15, 0.2) is 54.1 Å². The lowest BCUT2D eigenvalue weighted by Crippen LogP contribution is -2.58. The number of aromatic nitrogens is 2. The van der Waals surface area contributed by atoms with Gasteiger partial charge in [0.1, 0.15) is 23.7 Å². The number of carbonyl (C=O) groups is 3. The third-order valence-corrected chi connectivity index (χ3v) is 13.9. The number of sulfonamides is 1. The van der Waals surface area contributed by atoms with Crippen LogP contribution in [0.5, 0.6) is 5.88 Å². The number of hydrogen-bond acceptors (Lipinski definition) is 10. The quantitative estimate of drug-likeness (QED) is 0.276. The summed E-state index contributed by atoms with van der Waals surface area (Å²) in [5.74, 6) is -1.49. The molecule has 3 N–H and O–H groups in total. The van der Waals surface area contributed by atoms with Crippen LogP contribution < -0.4 is 20.1 Å². The zero-order valence-corrected chi connectivity index (χ0v) is 31.8. The minimum Gasteiger partial charge on any atom is -0.472 e. The second-order valence-electron chi connectivity index (χ2n) is 16.0. The van der Waals surface area contributed by atoms with Gasteiger partial charge in [0.05, 0.1) is 17.0 Å². The maximum Gasteiger partial charge on any atom is 0.259 e. The lowest BCUT2D eigenvalue weighted by Gasteiger charge is -2.30. The van der Waals surface area contributed by atoms with Gasteiger partial charge in [-0.3, -0.25) is 19.1 Å². The van der Waals surface area contributed by atoms with E-state index in [1.54, 1.807) is 18.0 Å². The Bertz CT molecular complexity index is 2000. The maximum atomic E-state index is 14.7. The largest absolute Gasteiger partial charge is 0.472 e. The summed E-state index contributed by atoms with van der Waals surface area (Å²) < 4.78 is 34.0. The topological polar surface area (TPSA) is 160 Å². The molecule has 0 spiro atoms. The summed E-state index contributed by atoms with van der Waals surface area (Å²) in [6, 6.07) is 7.99. The second kappa shape index (κ2) is 13.7. The van der Waals surface area contributed by atoms with Crippen LogP contribution in [-0.2, 0) is 29.8 Å². The Hall–Kier alpha value is -4.04. The average Bonchev–Trinajstić information content (AvgIpc) is 3.88. The van der Waals surface area contributed by atoms with Gasteiger partial charge in [0, 0.05) is 34.7 Å². The Kier molecular flexibility index (Phi) is 9.60. The van der Waals surface area contributed by atoms with E-state index in [1.165, 1.54) is 11.3 Å². The summed E-state index contributed by atoms with van der Waals surface area (Å²) in [6.07, 6.45) is 10.2. The van der Waals surface area contributed by atoms with Crippen molar-refractivity contribution in [2.24, 2.45) is 5.92 Å². The van der Waals surface area contributed by atoms with E-state index in [0.29, 0.717) is 30.3 Å². The molecule has 14 heteroatoms. The maximum absolute atomic E-state index is 14.7. The lowest BCUT2D eigenvalue weighted by molar-refractivity contribution is -0.140. The summed E-state index contributed by atoms with van der Waals surface area (Å²) in [6.45, 7) is 8.01. The van der Waals surface area contributed by atoms with Crippen molar-refractivity contribution in [2.45, 2.75) is 119 Å². The van der Waals surface area contributed by atoms with Gasteiger partial charge < -0.3 is 20.3 Å². The monoisotopic (exact) mass is 748 g/mol. The predicted octanol–water partition coefficient (Wildman–Crippen LogP) is 5.21. The first-order chi connectivity index (χ1) is 24.7. The van der Waals surface area contributed by atoms with Crippen molar-refractivity contribution in [1.82, 2.24) is 24.9 Å². The normalized spacial score (nSPS) is 28.4. The van der Waals surface area contributed by atoms with E-state index >= 15 is 0 Å². The zero-order chi connectivity index (χ0) is 36.9. The minimum atomic E-state index is -3.94. The van der Waals surface area contributed by atoms with Gasteiger partial charge >= 0.3 is 0 Å². The van der Waals surface area contributed by atoms with Crippen LogP contribution in [0.4, 0.5) is 5.13 Å². The third-order valence-electron chi connectivity index (χ3n) is 11.0. The predicted molar refractivity (Wildman–Crippen MR) is 200 cm³/mol. The van der Waals surface area contributed by atoms with Crippen molar-refractivity contribution in [1.29, 1.82) is 0 Å². The number of thiazole rings is 1. The molecule has 7 rings (SSSR count). The molecular weight excluding hydrogens is 701 g/mol. The van der Waals surface area contributed by atoms with Gasteiger partial charge in [-0.05, 0) is 63.0 Å². The van der Waals surface area contributed by atoms with Gasteiger partial charge in [0.2, 0.25) is 27.7 Å². The molecule has 3 aromatic rings. The van der Waals surface area contributed by atoms with Crippen molar-refractivity contribution < 1.29 is 27.5 Å². The molecule has 2 aliphatic heterocycles. The molecule has 1 aromatic carbocycles. The van der Waals surface area contributed by atoms with E-state index in [2.05, 4.69) is 41.1 Å². The van der Waals surface area contributed by atoms with Crippen LogP contribution >= 0.6 is 11.3 Å². The SMILES string of the molecule is CC(C)(C)c1csc(N[C@H]2CCCCC/C=C\[C@@H]3C[C@@]3(C(=O)NS(=O)(=O)C3(C)CC3)NC(=O)[C@@H]3C[C@@H](Oc4nccc5ccccc45)CN3C2=O)n1. The molecule has 52 heavy (non-hydrogen) atoms. The van der Waals surface area contributed by atoms with Gasteiger partial charge in [0.15, 0.2) is 5.13 Å². The Morgan fingerprint density at radius 2 is 1.90 bits per heavy atom. The summed E-state index contributed by atoms with van der Waals surface area (Å²) in [7, 11) is -3.94. The Morgan fingerprint density at radius 1 is 1.12 bits per heavy atom. The van der Waals surface area contributed by atoms with Crippen LogP contribution in [0.25, 0.3) is 10.8 Å². The summed E-state index contributed by atoms with van der Waals surface area (Å²) in [4.78, 5) is 53.8. The van der Waals surface area contributed by atoms with E-state index in [0.717, 1.165) is 42.1 Å². The van der Waals surface area contributed by atoms with E-state index in [4.69, 9.17) is 9.72 Å². The van der Waals surface area contributed by atoms with Crippen molar-refractivity contribution in [3.8, 4) is 5.88 Å². The van der Waals surface area contributed by atoms with E-state index in [1.807, 2.05) is 47.9 Å². The summed E-state index contributed by atoms with van der Waals surface area (Å²) in [5, 5.41) is 10.8. The number of allylic oxidation sites excluding steroid dienone is 1. The molecule has 0 unspecified atom stereocenters. The Morgan fingerprint density at radius 3 is 2.65 bits per heavy atom. The molecule has 2 aromatic heterocycles. The molecular formula is C38H48N6O6S2. The fraction of sp³-hybridized carbons (Fsp3) is 0.553. The molecule has 0 bridgehead atoms. The standard InChI is InChI=1S/C38H48N6O6S2/c1-36(2,3)30-23-51-35(41-30)40-28-15-9-7-5-6-8-13-25-21-38(25,34(47)43-52(48,49)37(4)17-18-37)42-31(45)29-20-26(22-44(29)33(28)46)50-32-27-14-11-10-12-24(27)16-19-39-32/h8,10-14,16,19,23,25-26,28-29H,5-7,9,15,17-18,20-22H2,1-4H3,(H,40,41)(H,42,45)(H,43,47)/b13-8-/t25-,26-,28+,29+,38-/m1/s1. The highest BCUT2D eigenvalue weighted by molar-refractivity contribution is 7.91. The second-order valence-corrected chi connectivity index (χ2v) is 19.1.